The monoisotopic (exact) mass is 567 g/mol. The van der Waals surface area contributed by atoms with Crippen LogP contribution in [0.3, 0.4) is 0 Å². The zero-order chi connectivity index (χ0) is 28.8. The van der Waals surface area contributed by atoms with Gasteiger partial charge in [0.25, 0.3) is 5.91 Å². The lowest BCUT2D eigenvalue weighted by Gasteiger charge is -2.45. The highest BCUT2D eigenvalue weighted by Crippen LogP contribution is 2.35. The third kappa shape index (κ3) is 6.60. The van der Waals surface area contributed by atoms with Gasteiger partial charge in [0.05, 0.1) is 6.61 Å². The minimum absolute atomic E-state index is 0.0188. The van der Waals surface area contributed by atoms with Crippen LogP contribution >= 0.6 is 0 Å². The van der Waals surface area contributed by atoms with Crippen LogP contribution in [0, 0.1) is 0 Å². The van der Waals surface area contributed by atoms with Gasteiger partial charge in [0.15, 0.2) is 4.75 Å². The summed E-state index contributed by atoms with van der Waals surface area (Å²) in [5.41, 5.74) is 2.58. The first kappa shape index (κ1) is 31.0. The van der Waals surface area contributed by atoms with Crippen LogP contribution < -0.4 is 15.1 Å². The molecule has 2 aliphatic heterocycles. The summed E-state index contributed by atoms with van der Waals surface area (Å²) < 4.78 is 33.1. The van der Waals surface area contributed by atoms with Crippen LogP contribution in [0.5, 0.6) is 5.75 Å². The van der Waals surface area contributed by atoms with E-state index in [2.05, 4.69) is 11.8 Å². The second kappa shape index (κ2) is 13.2. The topological polar surface area (TPSA) is 123 Å². The standard InChI is InChI=1S/C27H45N5O6S/c1-6-7-20-38-24-10-8-23(9-11-24)29-16-18-31(19-17-29)39(36,37)27(25(33)28-35)12-14-30(15-13-27)26(34)32(21(2)3)22(4)5/h8-11,21-22,35H,6-7,12-20H2,1-5H3,(H,28,33). The molecule has 0 radical (unpaired) electrons. The van der Waals surface area contributed by atoms with E-state index in [4.69, 9.17) is 4.74 Å². The average Bonchev–Trinajstić information content (AvgIpc) is 2.92. The van der Waals surface area contributed by atoms with E-state index in [0.29, 0.717) is 19.7 Å². The second-order valence-electron chi connectivity index (χ2n) is 10.9. The average molecular weight is 568 g/mol. The first-order valence-corrected chi connectivity index (χ1v) is 15.4. The van der Waals surface area contributed by atoms with Gasteiger partial charge in [0.2, 0.25) is 10.0 Å². The van der Waals surface area contributed by atoms with Crippen LogP contribution in [-0.4, -0.2) is 102 Å². The maximum atomic E-state index is 13.9. The predicted octanol–water partition coefficient (Wildman–Crippen LogP) is 2.90. The number of rotatable bonds is 10. The SMILES string of the molecule is CCCCOc1ccc(N2CCN(S(=O)(=O)C3(C(=O)NO)CCN(C(=O)N(C(C)C)C(C)C)CC3)CC2)cc1. The van der Waals surface area contributed by atoms with Crippen molar-refractivity contribution in [3.05, 3.63) is 24.3 Å². The fraction of sp³-hybridized carbons (Fsp3) is 0.704. The third-order valence-electron chi connectivity index (χ3n) is 7.73. The summed E-state index contributed by atoms with van der Waals surface area (Å²) in [6, 6.07) is 7.56. The number of carbonyl (C=O) groups is 2. The van der Waals surface area contributed by atoms with Gasteiger partial charge in [0.1, 0.15) is 5.75 Å². The molecule has 1 aromatic rings. The minimum atomic E-state index is -4.12. The van der Waals surface area contributed by atoms with Crippen molar-refractivity contribution in [3.63, 3.8) is 0 Å². The number of sulfonamides is 1. The van der Waals surface area contributed by atoms with E-state index in [-0.39, 0.29) is 57.1 Å². The number of hydrogen-bond acceptors (Lipinski definition) is 7. The molecule has 0 unspecified atom stereocenters. The Bertz CT molecular complexity index is 1050. The molecule has 0 aliphatic carbocycles. The number of likely N-dealkylation sites (tertiary alicyclic amines) is 1. The Balaban J connectivity index is 1.68. The molecule has 0 aromatic heterocycles. The Labute approximate surface area is 233 Å². The van der Waals surface area contributed by atoms with Crippen LogP contribution in [-0.2, 0) is 14.8 Å². The molecule has 2 aliphatic rings. The number of amides is 3. The second-order valence-corrected chi connectivity index (χ2v) is 13.1. The molecule has 2 fully saturated rings. The number of nitrogens with one attached hydrogen (secondary N) is 1. The maximum absolute atomic E-state index is 13.9. The molecule has 3 rings (SSSR count). The van der Waals surface area contributed by atoms with Gasteiger partial charge in [-0.1, -0.05) is 13.3 Å². The predicted molar refractivity (Wildman–Crippen MR) is 151 cm³/mol. The van der Waals surface area contributed by atoms with Gasteiger partial charge < -0.3 is 19.4 Å². The number of hydrogen-bond donors (Lipinski definition) is 2. The van der Waals surface area contributed by atoms with E-state index < -0.39 is 20.7 Å². The van der Waals surface area contributed by atoms with Crippen molar-refractivity contribution in [1.82, 2.24) is 19.6 Å². The van der Waals surface area contributed by atoms with Crippen LogP contribution in [0.15, 0.2) is 24.3 Å². The van der Waals surface area contributed by atoms with Gasteiger partial charge in [-0.25, -0.2) is 18.7 Å². The largest absolute Gasteiger partial charge is 0.494 e. The number of piperidine rings is 1. The Morgan fingerprint density at radius 2 is 1.56 bits per heavy atom. The molecular weight excluding hydrogens is 522 g/mol. The fourth-order valence-corrected chi connectivity index (χ4v) is 7.60. The summed E-state index contributed by atoms with van der Waals surface area (Å²) in [6.07, 6.45) is 1.89. The Kier molecular flexibility index (Phi) is 10.5. The van der Waals surface area contributed by atoms with E-state index in [9.17, 15) is 23.2 Å². The highest BCUT2D eigenvalue weighted by Gasteiger charge is 2.55. The normalized spacial score (nSPS) is 18.4. The molecule has 1 aromatic carbocycles. The number of piperazine rings is 1. The van der Waals surface area contributed by atoms with Crippen molar-refractivity contribution in [2.24, 2.45) is 0 Å². The fourth-order valence-electron chi connectivity index (χ4n) is 5.49. The van der Waals surface area contributed by atoms with Crippen molar-refractivity contribution in [3.8, 4) is 5.75 Å². The molecule has 11 nitrogen and oxygen atoms in total. The van der Waals surface area contributed by atoms with Crippen LogP contribution in [0.1, 0.15) is 60.3 Å². The summed E-state index contributed by atoms with van der Waals surface area (Å²) in [4.78, 5) is 31.5. The number of ether oxygens (including phenoxy) is 1. The van der Waals surface area contributed by atoms with Crippen molar-refractivity contribution in [2.45, 2.75) is 77.1 Å². The number of anilines is 1. The molecule has 2 heterocycles. The molecule has 0 spiro atoms. The third-order valence-corrected chi connectivity index (χ3v) is 10.4. The summed E-state index contributed by atoms with van der Waals surface area (Å²) in [6.45, 7) is 12.1. The summed E-state index contributed by atoms with van der Waals surface area (Å²) in [5.74, 6) is -0.139. The number of carbonyl (C=O) groups excluding carboxylic acids is 2. The number of nitrogens with zero attached hydrogens (tertiary/aromatic N) is 4. The van der Waals surface area contributed by atoms with Gasteiger partial charge >= 0.3 is 6.03 Å². The number of urea groups is 1. The first-order chi connectivity index (χ1) is 18.5. The lowest BCUT2D eigenvalue weighted by atomic mass is 9.95. The zero-order valence-corrected chi connectivity index (χ0v) is 24.7. The zero-order valence-electron chi connectivity index (χ0n) is 23.9. The van der Waals surface area contributed by atoms with Gasteiger partial charge in [0, 0.05) is 57.0 Å². The van der Waals surface area contributed by atoms with Gasteiger partial charge in [-0.05, 0) is 71.2 Å². The van der Waals surface area contributed by atoms with Crippen molar-refractivity contribution in [1.29, 1.82) is 0 Å². The molecule has 0 bridgehead atoms. The highest BCUT2D eigenvalue weighted by molar-refractivity contribution is 7.91. The van der Waals surface area contributed by atoms with E-state index in [0.717, 1.165) is 24.3 Å². The van der Waals surface area contributed by atoms with E-state index in [1.807, 2.05) is 52.0 Å². The van der Waals surface area contributed by atoms with Gasteiger partial charge in [-0.2, -0.15) is 4.31 Å². The highest BCUT2D eigenvalue weighted by atomic mass is 32.2. The molecule has 12 heteroatoms. The Morgan fingerprint density at radius 1 is 1.00 bits per heavy atom. The minimum Gasteiger partial charge on any atom is -0.494 e. The van der Waals surface area contributed by atoms with Crippen molar-refractivity contribution < 1.29 is 28.0 Å². The molecule has 220 valence electrons. The van der Waals surface area contributed by atoms with Crippen molar-refractivity contribution in [2.75, 3.05) is 50.8 Å². The molecule has 39 heavy (non-hydrogen) atoms. The first-order valence-electron chi connectivity index (χ1n) is 14.0. The number of hydroxylamine groups is 1. The van der Waals surface area contributed by atoms with E-state index in [1.165, 1.54) is 4.31 Å². The quantitative estimate of drug-likeness (QED) is 0.253. The lowest BCUT2D eigenvalue weighted by molar-refractivity contribution is -0.133. The molecule has 2 N–H and O–H groups in total. The maximum Gasteiger partial charge on any atom is 0.320 e. The van der Waals surface area contributed by atoms with Crippen LogP contribution in [0.4, 0.5) is 10.5 Å². The molecule has 2 saturated heterocycles. The number of unbranched alkanes of at least 4 members (excludes halogenated alkanes) is 1. The van der Waals surface area contributed by atoms with Crippen LogP contribution in [0.2, 0.25) is 0 Å². The van der Waals surface area contributed by atoms with E-state index >= 15 is 0 Å². The van der Waals surface area contributed by atoms with Gasteiger partial charge in [-0.15, -0.1) is 0 Å². The smallest absolute Gasteiger partial charge is 0.320 e. The molecule has 0 saturated carbocycles. The van der Waals surface area contributed by atoms with E-state index in [1.54, 1.807) is 15.3 Å². The lowest BCUT2D eigenvalue weighted by Crippen LogP contribution is -2.64. The Morgan fingerprint density at radius 3 is 2.05 bits per heavy atom. The Hall–Kier alpha value is -2.57. The molecular formula is C27H45N5O6S. The van der Waals surface area contributed by atoms with Crippen LogP contribution in [0.25, 0.3) is 0 Å². The molecule has 0 atom stereocenters. The summed E-state index contributed by atoms with van der Waals surface area (Å²) in [5, 5.41) is 9.51. The summed E-state index contributed by atoms with van der Waals surface area (Å²) >= 11 is 0. The number of benzene rings is 1. The van der Waals surface area contributed by atoms with Crippen molar-refractivity contribution >= 4 is 27.6 Å². The van der Waals surface area contributed by atoms with Gasteiger partial charge in [-0.3, -0.25) is 10.0 Å². The summed E-state index contributed by atoms with van der Waals surface area (Å²) in [7, 11) is -4.12. The molecule has 3 amide bonds.